The molecule has 0 saturated heterocycles. The van der Waals surface area contributed by atoms with E-state index >= 15 is 0 Å². The Morgan fingerprint density at radius 2 is 1.86 bits per heavy atom. The lowest BCUT2D eigenvalue weighted by Crippen LogP contribution is -1.93. The Morgan fingerprint density at radius 3 is 2.64 bits per heavy atom. The number of benzene rings is 1. The molecule has 0 N–H and O–H groups in total. The van der Waals surface area contributed by atoms with E-state index in [0.717, 1.165) is 5.56 Å². The predicted molar refractivity (Wildman–Crippen MR) is 57.2 cm³/mol. The van der Waals surface area contributed by atoms with E-state index in [1.54, 1.807) is 0 Å². The van der Waals surface area contributed by atoms with Gasteiger partial charge in [0.2, 0.25) is 0 Å². The molecule has 1 aliphatic rings. The first kappa shape index (κ1) is 9.38. The van der Waals surface area contributed by atoms with Crippen molar-refractivity contribution in [2.24, 2.45) is 5.18 Å². The lowest BCUT2D eigenvalue weighted by Gasteiger charge is -2.06. The molecule has 0 bridgehead atoms. The third-order valence-corrected chi connectivity index (χ3v) is 2.91. The van der Waals surface area contributed by atoms with E-state index in [-0.39, 0.29) is 0 Å². The van der Waals surface area contributed by atoms with Crippen molar-refractivity contribution in [3.8, 4) is 0 Å². The molecule has 2 nitrogen and oxygen atoms in total. The molecule has 0 aliphatic heterocycles. The first-order valence-electron chi connectivity index (χ1n) is 5.30. The lowest BCUT2D eigenvalue weighted by atomic mass is 10.0. The van der Waals surface area contributed by atoms with Crippen molar-refractivity contribution in [3.63, 3.8) is 0 Å². The summed E-state index contributed by atoms with van der Waals surface area (Å²) in [6.45, 7) is 0.313. The molecule has 1 aromatic carbocycles. The molecular formula is C12H15NO. The number of hydrogen-bond acceptors (Lipinski definition) is 2. The van der Waals surface area contributed by atoms with Crippen molar-refractivity contribution in [1.82, 2.24) is 0 Å². The molecule has 74 valence electrons. The standard InChI is InChI=1S/C12H15NO/c14-13-9-10-6-7-11-4-2-1-3-5-12(11)8-10/h6-8H,1-5,9H2. The van der Waals surface area contributed by atoms with Crippen molar-refractivity contribution >= 4 is 0 Å². The molecule has 0 amide bonds. The van der Waals surface area contributed by atoms with Gasteiger partial charge in [-0.15, -0.1) is 0 Å². The first-order valence-corrected chi connectivity index (χ1v) is 5.30. The van der Waals surface area contributed by atoms with Gasteiger partial charge in [0.05, 0.1) is 0 Å². The molecule has 0 radical (unpaired) electrons. The average molecular weight is 189 g/mol. The Kier molecular flexibility index (Phi) is 2.92. The molecule has 0 aromatic heterocycles. The molecule has 0 atom stereocenters. The van der Waals surface area contributed by atoms with Crippen molar-refractivity contribution in [1.29, 1.82) is 0 Å². The van der Waals surface area contributed by atoms with E-state index in [1.165, 1.54) is 43.2 Å². The summed E-state index contributed by atoms with van der Waals surface area (Å²) in [6.07, 6.45) is 6.28. The smallest absolute Gasteiger partial charge is 0.106 e. The van der Waals surface area contributed by atoms with Crippen LogP contribution < -0.4 is 0 Å². The molecule has 0 unspecified atom stereocenters. The van der Waals surface area contributed by atoms with Gasteiger partial charge >= 0.3 is 0 Å². The van der Waals surface area contributed by atoms with Crippen LogP contribution in [0.3, 0.4) is 0 Å². The van der Waals surface area contributed by atoms with Crippen LogP contribution >= 0.6 is 0 Å². The van der Waals surface area contributed by atoms with Gasteiger partial charge in [0.1, 0.15) is 6.54 Å². The fourth-order valence-corrected chi connectivity index (χ4v) is 2.14. The minimum absolute atomic E-state index is 0.313. The number of nitroso groups, excluding NO2 is 1. The van der Waals surface area contributed by atoms with Gasteiger partial charge in [0.15, 0.2) is 0 Å². The van der Waals surface area contributed by atoms with Gasteiger partial charge in [0.25, 0.3) is 0 Å². The second kappa shape index (κ2) is 4.36. The highest BCUT2D eigenvalue weighted by Gasteiger charge is 2.08. The number of aryl methyl sites for hydroxylation is 2. The number of hydrogen-bond donors (Lipinski definition) is 0. The normalized spacial score (nSPS) is 15.7. The van der Waals surface area contributed by atoms with Crippen LogP contribution in [0.15, 0.2) is 23.4 Å². The largest absolute Gasteiger partial charge is 0.150 e. The van der Waals surface area contributed by atoms with E-state index < -0.39 is 0 Å². The van der Waals surface area contributed by atoms with Crippen molar-refractivity contribution in [2.45, 2.75) is 38.6 Å². The van der Waals surface area contributed by atoms with Crippen LogP contribution in [0.4, 0.5) is 0 Å². The fraction of sp³-hybridized carbons (Fsp3) is 0.500. The lowest BCUT2D eigenvalue weighted by molar-refractivity contribution is 0.711. The molecule has 0 saturated carbocycles. The highest BCUT2D eigenvalue weighted by Crippen LogP contribution is 2.21. The molecular weight excluding hydrogens is 174 g/mol. The summed E-state index contributed by atoms with van der Waals surface area (Å²) in [5.74, 6) is 0. The summed E-state index contributed by atoms with van der Waals surface area (Å²) in [4.78, 5) is 10.2. The summed E-state index contributed by atoms with van der Waals surface area (Å²) >= 11 is 0. The number of fused-ring (bicyclic) bond motifs is 1. The predicted octanol–water partition coefficient (Wildman–Crippen LogP) is 3.22. The molecule has 2 rings (SSSR count). The summed E-state index contributed by atoms with van der Waals surface area (Å²) < 4.78 is 0. The van der Waals surface area contributed by atoms with Crippen LogP contribution in [0.1, 0.15) is 36.0 Å². The van der Waals surface area contributed by atoms with Crippen LogP contribution in [-0.4, -0.2) is 0 Å². The van der Waals surface area contributed by atoms with Crippen LogP contribution in [-0.2, 0) is 19.4 Å². The van der Waals surface area contributed by atoms with Crippen molar-refractivity contribution < 1.29 is 0 Å². The van der Waals surface area contributed by atoms with Gasteiger partial charge < -0.3 is 0 Å². The van der Waals surface area contributed by atoms with E-state index in [9.17, 15) is 4.91 Å². The highest BCUT2D eigenvalue weighted by atomic mass is 16.3. The Hall–Kier alpha value is -1.18. The molecule has 14 heavy (non-hydrogen) atoms. The van der Waals surface area contributed by atoms with Crippen LogP contribution in [0.2, 0.25) is 0 Å². The highest BCUT2D eigenvalue weighted by molar-refractivity contribution is 5.33. The molecule has 0 spiro atoms. The zero-order valence-electron chi connectivity index (χ0n) is 8.33. The van der Waals surface area contributed by atoms with E-state index in [1.807, 2.05) is 6.07 Å². The Labute approximate surface area is 84.3 Å². The SMILES string of the molecule is O=NCc1ccc2c(c1)CCCCC2. The van der Waals surface area contributed by atoms with Gasteiger partial charge in [-0.2, -0.15) is 4.91 Å². The van der Waals surface area contributed by atoms with E-state index in [2.05, 4.69) is 17.3 Å². The van der Waals surface area contributed by atoms with Crippen LogP contribution in [0, 0.1) is 4.91 Å². The van der Waals surface area contributed by atoms with Crippen molar-refractivity contribution in [3.05, 3.63) is 39.8 Å². The fourth-order valence-electron chi connectivity index (χ4n) is 2.14. The molecule has 1 aliphatic carbocycles. The Morgan fingerprint density at radius 1 is 1.07 bits per heavy atom. The van der Waals surface area contributed by atoms with Gasteiger partial charge in [-0.25, -0.2) is 0 Å². The second-order valence-electron chi connectivity index (χ2n) is 3.95. The minimum atomic E-state index is 0.313. The third kappa shape index (κ3) is 2.00. The second-order valence-corrected chi connectivity index (χ2v) is 3.95. The van der Waals surface area contributed by atoms with Gasteiger partial charge in [0, 0.05) is 0 Å². The zero-order valence-corrected chi connectivity index (χ0v) is 8.33. The summed E-state index contributed by atoms with van der Waals surface area (Å²) in [6, 6.07) is 6.36. The third-order valence-electron chi connectivity index (χ3n) is 2.91. The zero-order chi connectivity index (χ0) is 9.80. The van der Waals surface area contributed by atoms with E-state index in [4.69, 9.17) is 0 Å². The molecule has 0 heterocycles. The van der Waals surface area contributed by atoms with Gasteiger partial charge in [-0.1, -0.05) is 29.8 Å². The molecule has 2 heteroatoms. The first-order chi connectivity index (χ1) is 6.90. The average Bonchev–Trinajstić information content (AvgIpc) is 2.42. The number of rotatable bonds is 2. The maximum Gasteiger partial charge on any atom is 0.106 e. The number of nitrogens with zero attached hydrogens (tertiary/aromatic N) is 1. The summed E-state index contributed by atoms with van der Waals surface area (Å²) in [5.41, 5.74) is 3.96. The minimum Gasteiger partial charge on any atom is -0.150 e. The maximum absolute atomic E-state index is 10.2. The van der Waals surface area contributed by atoms with Gasteiger partial charge in [-0.3, -0.25) is 0 Å². The Balaban J connectivity index is 2.27. The maximum atomic E-state index is 10.2. The van der Waals surface area contributed by atoms with Gasteiger partial charge in [-0.05, 0) is 42.4 Å². The summed E-state index contributed by atoms with van der Waals surface area (Å²) in [7, 11) is 0. The van der Waals surface area contributed by atoms with Crippen LogP contribution in [0.5, 0.6) is 0 Å². The van der Waals surface area contributed by atoms with E-state index in [0.29, 0.717) is 6.54 Å². The quantitative estimate of drug-likeness (QED) is 0.518. The summed E-state index contributed by atoms with van der Waals surface area (Å²) in [5, 5.41) is 2.93. The monoisotopic (exact) mass is 189 g/mol. The molecule has 0 fully saturated rings. The molecule has 1 aromatic rings. The van der Waals surface area contributed by atoms with Crippen molar-refractivity contribution in [2.75, 3.05) is 0 Å². The Bertz CT molecular complexity index is 333. The van der Waals surface area contributed by atoms with Crippen LogP contribution in [0.25, 0.3) is 0 Å². The topological polar surface area (TPSA) is 29.4 Å².